The second-order valence-electron chi connectivity index (χ2n) is 8.23. The number of amides is 2. The second-order valence-corrected chi connectivity index (χ2v) is 8.23. The van der Waals surface area contributed by atoms with E-state index in [0.29, 0.717) is 19.6 Å². The predicted molar refractivity (Wildman–Crippen MR) is 104 cm³/mol. The fraction of sp³-hybridized carbons (Fsp3) is 0.667. The topological polar surface area (TPSA) is 101 Å². The van der Waals surface area contributed by atoms with Gasteiger partial charge in [0.25, 0.3) is 0 Å². The first-order valence-electron chi connectivity index (χ1n) is 10.5. The lowest BCUT2D eigenvalue weighted by molar-refractivity contribution is -0.170. The van der Waals surface area contributed by atoms with Crippen LogP contribution in [-0.4, -0.2) is 70.9 Å². The zero-order chi connectivity index (χ0) is 20.2. The Morgan fingerprint density at radius 3 is 2.72 bits per heavy atom. The molecule has 2 amide bonds. The van der Waals surface area contributed by atoms with Gasteiger partial charge in [0.05, 0.1) is 37.9 Å². The van der Waals surface area contributed by atoms with Gasteiger partial charge in [-0.2, -0.15) is 0 Å². The third-order valence-electron chi connectivity index (χ3n) is 5.84. The van der Waals surface area contributed by atoms with E-state index in [9.17, 15) is 14.7 Å². The molecule has 4 atom stereocenters. The third-order valence-corrected chi connectivity index (χ3v) is 5.84. The zero-order valence-electron chi connectivity index (χ0n) is 16.5. The molecule has 0 radical (unpaired) electrons. The number of fused-ring (bicyclic) bond motifs is 1. The van der Waals surface area contributed by atoms with Crippen molar-refractivity contribution in [3.8, 4) is 0 Å². The van der Waals surface area contributed by atoms with Crippen LogP contribution in [0.1, 0.15) is 37.7 Å². The van der Waals surface area contributed by atoms with Crippen LogP contribution in [0.5, 0.6) is 0 Å². The standard InChI is InChI=1S/C21H29N3O5/c25-16-11-24(21(27)15-1-2-15)18-4-3-17(29-19(18)13-28-12-16)9-20(26)23-10-14-5-7-22-8-6-14/h5-8,15-19,25H,1-4,9-13H2,(H,23,26)/t16-,17+,18-,19+/m0/s1. The van der Waals surface area contributed by atoms with Gasteiger partial charge >= 0.3 is 0 Å². The van der Waals surface area contributed by atoms with Gasteiger partial charge in [0.1, 0.15) is 6.10 Å². The van der Waals surface area contributed by atoms with E-state index in [1.54, 1.807) is 12.4 Å². The molecule has 0 aromatic carbocycles. The number of hydrogen-bond donors (Lipinski definition) is 2. The maximum Gasteiger partial charge on any atom is 0.226 e. The molecule has 2 aliphatic heterocycles. The lowest BCUT2D eigenvalue weighted by Gasteiger charge is -2.44. The summed E-state index contributed by atoms with van der Waals surface area (Å²) in [5, 5.41) is 13.1. The van der Waals surface area contributed by atoms with E-state index in [1.807, 2.05) is 17.0 Å². The Labute approximate surface area is 170 Å². The van der Waals surface area contributed by atoms with Crippen LogP contribution in [-0.2, 0) is 25.6 Å². The lowest BCUT2D eigenvalue weighted by atomic mass is 9.94. The van der Waals surface area contributed by atoms with E-state index in [4.69, 9.17) is 9.47 Å². The van der Waals surface area contributed by atoms with Crippen LogP contribution in [0, 0.1) is 5.92 Å². The normalized spacial score (nSPS) is 30.0. The van der Waals surface area contributed by atoms with Gasteiger partial charge in [-0.1, -0.05) is 0 Å². The Balaban J connectivity index is 1.32. The number of carbonyl (C=O) groups is 2. The summed E-state index contributed by atoms with van der Waals surface area (Å²) in [6.45, 7) is 1.27. The van der Waals surface area contributed by atoms with Crippen LogP contribution in [0.4, 0.5) is 0 Å². The van der Waals surface area contributed by atoms with E-state index in [-0.39, 0.29) is 55.6 Å². The number of nitrogens with one attached hydrogen (secondary N) is 1. The number of carbonyl (C=O) groups excluding carboxylic acids is 2. The Morgan fingerprint density at radius 1 is 1.17 bits per heavy atom. The molecule has 1 aromatic rings. The minimum absolute atomic E-state index is 0.0571. The number of hydrogen-bond acceptors (Lipinski definition) is 6. The molecular weight excluding hydrogens is 374 g/mol. The number of pyridine rings is 1. The second kappa shape index (κ2) is 9.19. The number of β-amino-alcohol motifs (C(OH)–C–C–N with tert-alkyl or cyclic N) is 1. The van der Waals surface area contributed by atoms with E-state index < -0.39 is 6.10 Å². The summed E-state index contributed by atoms with van der Waals surface area (Å²) in [4.78, 5) is 30.9. The molecule has 29 heavy (non-hydrogen) atoms. The number of rotatable bonds is 5. The largest absolute Gasteiger partial charge is 0.389 e. The summed E-state index contributed by atoms with van der Waals surface area (Å²) in [6, 6.07) is 3.63. The van der Waals surface area contributed by atoms with Crippen LogP contribution in [0.3, 0.4) is 0 Å². The molecule has 1 aromatic heterocycles. The molecule has 0 spiro atoms. The van der Waals surface area contributed by atoms with Crippen molar-refractivity contribution in [3.05, 3.63) is 30.1 Å². The monoisotopic (exact) mass is 403 g/mol. The molecular formula is C21H29N3O5. The quantitative estimate of drug-likeness (QED) is 0.748. The summed E-state index contributed by atoms with van der Waals surface area (Å²) in [6.07, 6.45) is 5.87. The van der Waals surface area contributed by atoms with Gasteiger partial charge in [-0.25, -0.2) is 0 Å². The molecule has 1 saturated carbocycles. The first-order chi connectivity index (χ1) is 14.1. The van der Waals surface area contributed by atoms with Crippen LogP contribution in [0.15, 0.2) is 24.5 Å². The summed E-state index contributed by atoms with van der Waals surface area (Å²) in [7, 11) is 0. The van der Waals surface area contributed by atoms with Crippen molar-refractivity contribution in [2.75, 3.05) is 19.8 Å². The highest BCUT2D eigenvalue weighted by molar-refractivity contribution is 5.81. The summed E-state index contributed by atoms with van der Waals surface area (Å²) >= 11 is 0. The summed E-state index contributed by atoms with van der Waals surface area (Å²) in [5.41, 5.74) is 0.999. The van der Waals surface area contributed by atoms with Crippen molar-refractivity contribution < 1.29 is 24.2 Å². The molecule has 4 rings (SSSR count). The van der Waals surface area contributed by atoms with Gasteiger partial charge in [-0.15, -0.1) is 0 Å². The highest BCUT2D eigenvalue weighted by atomic mass is 16.5. The van der Waals surface area contributed by atoms with Gasteiger partial charge < -0.3 is 24.8 Å². The highest BCUT2D eigenvalue weighted by Gasteiger charge is 2.43. The SMILES string of the molecule is O=C(C[C@H]1CC[C@H]2[C@@H](COC[C@@H](O)CN2C(=O)C2CC2)O1)NCc1ccncc1. The van der Waals surface area contributed by atoms with Crippen molar-refractivity contribution in [2.45, 2.75) is 63.0 Å². The fourth-order valence-corrected chi connectivity index (χ4v) is 4.14. The van der Waals surface area contributed by atoms with Gasteiger partial charge in [0.15, 0.2) is 0 Å². The van der Waals surface area contributed by atoms with Gasteiger partial charge in [-0.3, -0.25) is 14.6 Å². The maximum absolute atomic E-state index is 12.8. The van der Waals surface area contributed by atoms with Crippen LogP contribution < -0.4 is 5.32 Å². The molecule has 2 saturated heterocycles. The zero-order valence-corrected chi connectivity index (χ0v) is 16.5. The molecule has 2 N–H and O–H groups in total. The van der Waals surface area contributed by atoms with Gasteiger partial charge in [0, 0.05) is 31.4 Å². The number of aliphatic hydroxyl groups excluding tert-OH is 1. The van der Waals surface area contributed by atoms with Crippen molar-refractivity contribution in [3.63, 3.8) is 0 Å². The Bertz CT molecular complexity index is 712. The van der Waals surface area contributed by atoms with Crippen molar-refractivity contribution in [2.24, 2.45) is 5.92 Å². The van der Waals surface area contributed by atoms with Crippen LogP contribution >= 0.6 is 0 Å². The molecule has 8 heteroatoms. The minimum Gasteiger partial charge on any atom is -0.389 e. The van der Waals surface area contributed by atoms with Crippen LogP contribution in [0.25, 0.3) is 0 Å². The fourth-order valence-electron chi connectivity index (χ4n) is 4.14. The predicted octanol–water partition coefficient (Wildman–Crippen LogP) is 0.634. The van der Waals surface area contributed by atoms with Crippen molar-refractivity contribution >= 4 is 11.8 Å². The van der Waals surface area contributed by atoms with E-state index in [2.05, 4.69) is 10.3 Å². The molecule has 8 nitrogen and oxygen atoms in total. The number of nitrogens with zero attached hydrogens (tertiary/aromatic N) is 2. The van der Waals surface area contributed by atoms with Crippen LogP contribution in [0.2, 0.25) is 0 Å². The maximum atomic E-state index is 12.8. The average Bonchev–Trinajstić information content (AvgIpc) is 3.55. The van der Waals surface area contributed by atoms with E-state index in [0.717, 1.165) is 24.8 Å². The number of ether oxygens (including phenoxy) is 2. The molecule has 158 valence electrons. The molecule has 1 aliphatic carbocycles. The lowest BCUT2D eigenvalue weighted by Crippen LogP contribution is -2.57. The first-order valence-corrected chi connectivity index (χ1v) is 10.5. The van der Waals surface area contributed by atoms with Crippen molar-refractivity contribution in [1.82, 2.24) is 15.2 Å². The van der Waals surface area contributed by atoms with E-state index in [1.165, 1.54) is 0 Å². The highest BCUT2D eigenvalue weighted by Crippen LogP contribution is 2.35. The number of aliphatic hydroxyl groups is 1. The Kier molecular flexibility index (Phi) is 6.42. The molecule has 0 unspecified atom stereocenters. The molecule has 0 bridgehead atoms. The van der Waals surface area contributed by atoms with Crippen molar-refractivity contribution in [1.29, 1.82) is 0 Å². The third kappa shape index (κ3) is 5.32. The first kappa shape index (κ1) is 20.3. The molecule has 3 heterocycles. The average molecular weight is 403 g/mol. The summed E-state index contributed by atoms with van der Waals surface area (Å²) in [5.74, 6) is 0.163. The molecule has 3 aliphatic rings. The van der Waals surface area contributed by atoms with E-state index >= 15 is 0 Å². The van der Waals surface area contributed by atoms with Gasteiger partial charge in [0.2, 0.25) is 11.8 Å². The van der Waals surface area contributed by atoms with Gasteiger partial charge in [-0.05, 0) is 43.4 Å². The Hall–Kier alpha value is -2.03. The summed E-state index contributed by atoms with van der Waals surface area (Å²) < 4.78 is 11.8. The Morgan fingerprint density at radius 2 is 1.97 bits per heavy atom. The number of aromatic nitrogens is 1. The minimum atomic E-state index is -0.671. The smallest absolute Gasteiger partial charge is 0.226 e. The molecule has 3 fully saturated rings.